The molecule has 0 unspecified atom stereocenters. The van der Waals surface area contributed by atoms with Crippen LogP contribution in [0.5, 0.6) is 0 Å². The van der Waals surface area contributed by atoms with E-state index in [9.17, 15) is 0 Å². The molecule has 2 N–H and O–H groups in total. The van der Waals surface area contributed by atoms with Crippen LogP contribution in [0, 0.1) is 11.8 Å². The lowest BCUT2D eigenvalue weighted by molar-refractivity contribution is 0.728. The fourth-order valence-electron chi connectivity index (χ4n) is 1.14. The Bertz CT molecular complexity index is 133. The first-order valence-corrected chi connectivity index (χ1v) is 6.60. The zero-order chi connectivity index (χ0) is 9.72. The van der Waals surface area contributed by atoms with Crippen LogP contribution < -0.4 is 5.73 Å². The van der Waals surface area contributed by atoms with Crippen LogP contribution in [0.2, 0.25) is 0 Å². The van der Waals surface area contributed by atoms with Gasteiger partial charge in [0.2, 0.25) is 0 Å². The molecule has 74 valence electrons. The van der Waals surface area contributed by atoms with Crippen LogP contribution in [0.3, 0.4) is 0 Å². The minimum absolute atomic E-state index is 0.189. The zero-order valence-corrected chi connectivity index (χ0v) is 10.2. The standard InChI is InChI=1S/C9H21NS2/c1-7(2)5-12(9(10)11)6-8(3)4/h7-8,12H,5-6H2,1-4H3,(H2,10,11). The van der Waals surface area contributed by atoms with Crippen molar-refractivity contribution in [2.75, 3.05) is 11.5 Å². The summed E-state index contributed by atoms with van der Waals surface area (Å²) in [7, 11) is -0.189. The Labute approximate surface area is 84.4 Å². The van der Waals surface area contributed by atoms with Crippen molar-refractivity contribution < 1.29 is 0 Å². The van der Waals surface area contributed by atoms with Crippen molar-refractivity contribution >= 4 is 27.4 Å². The van der Waals surface area contributed by atoms with Gasteiger partial charge in [-0.2, -0.15) is 0 Å². The number of hydrogen-bond acceptors (Lipinski definition) is 1. The lowest BCUT2D eigenvalue weighted by Gasteiger charge is -2.23. The smallest absolute Gasteiger partial charge is 0.111 e. The third-order valence-electron chi connectivity index (χ3n) is 1.48. The van der Waals surface area contributed by atoms with Gasteiger partial charge in [0, 0.05) is 0 Å². The molecule has 0 fully saturated rings. The largest absolute Gasteiger partial charge is 0.386 e. The fourth-order valence-corrected chi connectivity index (χ4v) is 3.86. The molecular weight excluding hydrogens is 186 g/mol. The molecule has 0 aromatic carbocycles. The summed E-state index contributed by atoms with van der Waals surface area (Å²) in [6.45, 7) is 8.92. The average molecular weight is 207 g/mol. The minimum atomic E-state index is -0.189. The predicted molar refractivity (Wildman–Crippen MR) is 65.2 cm³/mol. The lowest BCUT2D eigenvalue weighted by Crippen LogP contribution is -2.17. The number of hydrogen-bond donors (Lipinski definition) is 2. The van der Waals surface area contributed by atoms with Crippen molar-refractivity contribution in [1.82, 2.24) is 0 Å². The molecule has 0 aliphatic heterocycles. The van der Waals surface area contributed by atoms with Gasteiger partial charge in [-0.3, -0.25) is 0 Å². The fraction of sp³-hybridized carbons (Fsp3) is 0.889. The molecule has 0 bridgehead atoms. The van der Waals surface area contributed by atoms with Crippen molar-refractivity contribution in [1.29, 1.82) is 0 Å². The maximum Gasteiger partial charge on any atom is 0.111 e. The molecule has 0 aliphatic rings. The highest BCUT2D eigenvalue weighted by atomic mass is 32.2. The monoisotopic (exact) mass is 207 g/mol. The first kappa shape index (κ1) is 12.2. The normalized spacial score (nSPS) is 12.3. The van der Waals surface area contributed by atoms with Gasteiger partial charge in [0.25, 0.3) is 0 Å². The van der Waals surface area contributed by atoms with Crippen LogP contribution in [0.1, 0.15) is 27.7 Å². The van der Waals surface area contributed by atoms with Crippen molar-refractivity contribution in [2.45, 2.75) is 27.7 Å². The highest BCUT2D eigenvalue weighted by Gasteiger charge is 2.10. The van der Waals surface area contributed by atoms with Crippen LogP contribution in [0.15, 0.2) is 0 Å². The number of thiol groups is 1. The second-order valence-electron chi connectivity index (χ2n) is 4.03. The second kappa shape index (κ2) is 5.81. The molecule has 0 aromatic heterocycles. The Morgan fingerprint density at radius 3 is 1.67 bits per heavy atom. The van der Waals surface area contributed by atoms with Gasteiger partial charge in [0.1, 0.15) is 4.32 Å². The quantitative estimate of drug-likeness (QED) is 0.547. The van der Waals surface area contributed by atoms with Gasteiger partial charge in [-0.05, 0) is 23.3 Å². The number of nitrogens with two attached hydrogens (primary N) is 1. The first-order valence-electron chi connectivity index (χ1n) is 4.47. The van der Waals surface area contributed by atoms with Gasteiger partial charge in [-0.15, -0.1) is 0 Å². The lowest BCUT2D eigenvalue weighted by atomic mass is 10.3. The van der Waals surface area contributed by atoms with E-state index < -0.39 is 0 Å². The van der Waals surface area contributed by atoms with Gasteiger partial charge >= 0.3 is 0 Å². The topological polar surface area (TPSA) is 26.0 Å². The summed E-state index contributed by atoms with van der Waals surface area (Å²) in [5.41, 5.74) is 5.69. The highest BCUT2D eigenvalue weighted by molar-refractivity contribution is 8.36. The Morgan fingerprint density at radius 2 is 1.50 bits per heavy atom. The van der Waals surface area contributed by atoms with E-state index in [4.69, 9.17) is 18.0 Å². The molecular formula is C9H21NS2. The van der Waals surface area contributed by atoms with Gasteiger partial charge in [-0.25, -0.2) is 10.9 Å². The summed E-state index contributed by atoms with van der Waals surface area (Å²) in [5, 5.41) is 0. The number of rotatable bonds is 4. The van der Waals surface area contributed by atoms with Crippen LogP contribution in [-0.4, -0.2) is 15.8 Å². The minimum Gasteiger partial charge on any atom is -0.386 e. The molecule has 1 nitrogen and oxygen atoms in total. The summed E-state index contributed by atoms with van der Waals surface area (Å²) in [6.07, 6.45) is 0. The van der Waals surface area contributed by atoms with Gasteiger partial charge in [0.05, 0.1) is 0 Å². The molecule has 0 aromatic rings. The predicted octanol–water partition coefficient (Wildman–Crippen LogP) is 2.54. The summed E-state index contributed by atoms with van der Waals surface area (Å²) >= 11 is 5.06. The summed E-state index contributed by atoms with van der Waals surface area (Å²) < 4.78 is 0.757. The molecule has 3 heteroatoms. The third kappa shape index (κ3) is 5.84. The van der Waals surface area contributed by atoms with Gasteiger partial charge < -0.3 is 5.73 Å². The van der Waals surface area contributed by atoms with E-state index in [1.54, 1.807) is 0 Å². The zero-order valence-electron chi connectivity index (χ0n) is 8.50. The molecule has 0 heterocycles. The van der Waals surface area contributed by atoms with Crippen LogP contribution in [0.25, 0.3) is 0 Å². The van der Waals surface area contributed by atoms with E-state index in [-0.39, 0.29) is 10.9 Å². The molecule has 12 heavy (non-hydrogen) atoms. The Kier molecular flexibility index (Phi) is 5.93. The molecule has 0 spiro atoms. The second-order valence-corrected chi connectivity index (χ2v) is 7.07. The number of thiocarbonyl (C=S) groups is 1. The van der Waals surface area contributed by atoms with E-state index in [2.05, 4.69) is 27.7 Å². The average Bonchev–Trinajstić information content (AvgIpc) is 1.83. The molecule has 0 saturated heterocycles. The first-order chi connectivity index (χ1) is 5.43. The SMILES string of the molecule is CC(C)C[SH](CC(C)C)C(N)=S. The van der Waals surface area contributed by atoms with E-state index in [1.807, 2.05) is 0 Å². The maximum absolute atomic E-state index is 5.69. The molecule has 0 radical (unpaired) electrons. The molecule has 0 amide bonds. The van der Waals surface area contributed by atoms with E-state index in [1.165, 1.54) is 11.5 Å². The van der Waals surface area contributed by atoms with Crippen LogP contribution >= 0.6 is 23.1 Å². The Balaban J connectivity index is 3.96. The van der Waals surface area contributed by atoms with Crippen LogP contribution in [-0.2, 0) is 0 Å². The highest BCUT2D eigenvalue weighted by Crippen LogP contribution is 2.30. The maximum atomic E-state index is 5.69. The van der Waals surface area contributed by atoms with E-state index in [0.717, 1.165) is 16.2 Å². The summed E-state index contributed by atoms with van der Waals surface area (Å²) in [5.74, 6) is 3.83. The molecule has 0 saturated carbocycles. The van der Waals surface area contributed by atoms with Crippen molar-refractivity contribution in [3.63, 3.8) is 0 Å². The van der Waals surface area contributed by atoms with E-state index >= 15 is 0 Å². The Morgan fingerprint density at radius 1 is 1.17 bits per heavy atom. The van der Waals surface area contributed by atoms with Crippen molar-refractivity contribution in [3.8, 4) is 0 Å². The summed E-state index contributed by atoms with van der Waals surface area (Å²) in [6, 6.07) is 0. The van der Waals surface area contributed by atoms with Crippen molar-refractivity contribution in [3.05, 3.63) is 0 Å². The van der Waals surface area contributed by atoms with Crippen LogP contribution in [0.4, 0.5) is 0 Å². The van der Waals surface area contributed by atoms with Crippen molar-refractivity contribution in [2.24, 2.45) is 17.6 Å². The molecule has 0 atom stereocenters. The molecule has 0 rings (SSSR count). The van der Waals surface area contributed by atoms with Gasteiger partial charge in [-0.1, -0.05) is 39.9 Å². The Hall–Kier alpha value is 0.240. The third-order valence-corrected chi connectivity index (χ3v) is 5.22. The molecule has 0 aliphatic carbocycles. The summed E-state index contributed by atoms with van der Waals surface area (Å²) in [4.78, 5) is 0. The van der Waals surface area contributed by atoms with E-state index in [0.29, 0.717) is 0 Å². The van der Waals surface area contributed by atoms with Gasteiger partial charge in [0.15, 0.2) is 0 Å².